The smallest absolute Gasteiger partial charge is 0.218 e. The minimum atomic E-state index is -0.401. The Balaban J connectivity index is 2.83. The summed E-state index contributed by atoms with van der Waals surface area (Å²) in [5, 5.41) is 7.04. The molecule has 0 N–H and O–H groups in total. The van der Waals surface area contributed by atoms with Crippen molar-refractivity contribution < 1.29 is 4.39 Å². The Kier molecular flexibility index (Phi) is 2.37. The van der Waals surface area contributed by atoms with E-state index in [0.717, 1.165) is 6.42 Å². The van der Waals surface area contributed by atoms with Gasteiger partial charge in [-0.3, -0.25) is 0 Å². The first-order valence-electron chi connectivity index (χ1n) is 3.00. The van der Waals surface area contributed by atoms with Crippen molar-refractivity contribution in [2.45, 2.75) is 19.9 Å². The van der Waals surface area contributed by atoms with E-state index in [1.165, 1.54) is 4.68 Å². The number of aromatic nitrogens is 3. The third-order valence-corrected chi connectivity index (χ3v) is 1.56. The normalized spacial score (nSPS) is 10.3. The van der Waals surface area contributed by atoms with Gasteiger partial charge in [0.1, 0.15) is 0 Å². The average Bonchev–Trinajstić information content (AvgIpc) is 2.20. The quantitative estimate of drug-likeness (QED) is 0.738. The molecule has 0 aliphatic heterocycles. The number of rotatable bonds is 2. The molecule has 3 nitrogen and oxygen atoms in total. The van der Waals surface area contributed by atoms with Gasteiger partial charge in [0.15, 0.2) is 4.60 Å². The lowest BCUT2D eigenvalue weighted by atomic mass is 10.5. The lowest BCUT2D eigenvalue weighted by molar-refractivity contribution is 0.446. The Morgan fingerprint density at radius 3 is 2.80 bits per heavy atom. The van der Waals surface area contributed by atoms with Crippen molar-refractivity contribution in [1.82, 2.24) is 15.0 Å². The summed E-state index contributed by atoms with van der Waals surface area (Å²) in [7, 11) is 0. The predicted molar refractivity (Wildman–Crippen MR) is 38.0 cm³/mol. The third-order valence-electron chi connectivity index (χ3n) is 1.07. The van der Waals surface area contributed by atoms with Crippen LogP contribution in [0.25, 0.3) is 0 Å². The SMILES string of the molecule is CCCn1nnc(Br)c1F. The summed E-state index contributed by atoms with van der Waals surface area (Å²) in [6, 6.07) is 0. The summed E-state index contributed by atoms with van der Waals surface area (Å²) in [5.74, 6) is -0.401. The molecular formula is C5H7BrFN3. The van der Waals surface area contributed by atoms with E-state index in [2.05, 4.69) is 26.2 Å². The highest BCUT2D eigenvalue weighted by Gasteiger charge is 2.07. The predicted octanol–water partition coefficient (Wildman–Crippen LogP) is 1.59. The van der Waals surface area contributed by atoms with Crippen molar-refractivity contribution in [3.05, 3.63) is 10.6 Å². The number of aryl methyl sites for hydroxylation is 1. The van der Waals surface area contributed by atoms with E-state index in [4.69, 9.17) is 0 Å². The molecular weight excluding hydrogens is 201 g/mol. The second-order valence-electron chi connectivity index (χ2n) is 1.89. The Labute approximate surface area is 66.4 Å². The lowest BCUT2D eigenvalue weighted by Gasteiger charge is -1.94. The van der Waals surface area contributed by atoms with Crippen molar-refractivity contribution in [3.63, 3.8) is 0 Å². The van der Waals surface area contributed by atoms with E-state index in [9.17, 15) is 4.39 Å². The molecule has 1 heterocycles. The minimum absolute atomic E-state index is 0.181. The standard InChI is InChI=1S/C5H7BrFN3/c1-2-3-10-5(7)4(6)8-9-10/h2-3H2,1H3. The van der Waals surface area contributed by atoms with Gasteiger partial charge >= 0.3 is 0 Å². The van der Waals surface area contributed by atoms with Gasteiger partial charge in [-0.05, 0) is 22.4 Å². The molecule has 1 rings (SSSR count). The van der Waals surface area contributed by atoms with Gasteiger partial charge in [0, 0.05) is 6.54 Å². The number of hydrogen-bond acceptors (Lipinski definition) is 2. The van der Waals surface area contributed by atoms with Crippen LogP contribution < -0.4 is 0 Å². The fraction of sp³-hybridized carbons (Fsp3) is 0.600. The number of nitrogens with zero attached hydrogens (tertiary/aromatic N) is 3. The van der Waals surface area contributed by atoms with E-state index in [0.29, 0.717) is 6.54 Å². The number of halogens is 2. The highest BCUT2D eigenvalue weighted by atomic mass is 79.9. The van der Waals surface area contributed by atoms with Crippen LogP contribution in [0.15, 0.2) is 4.60 Å². The van der Waals surface area contributed by atoms with Gasteiger partial charge in [0.2, 0.25) is 5.95 Å². The highest BCUT2D eigenvalue weighted by molar-refractivity contribution is 9.10. The summed E-state index contributed by atoms with van der Waals surface area (Å²) < 4.78 is 14.1. The third kappa shape index (κ3) is 1.34. The van der Waals surface area contributed by atoms with Gasteiger partial charge in [-0.1, -0.05) is 12.1 Å². The van der Waals surface area contributed by atoms with Crippen molar-refractivity contribution >= 4 is 15.9 Å². The van der Waals surface area contributed by atoms with Gasteiger partial charge in [-0.25, -0.2) is 4.68 Å². The highest BCUT2D eigenvalue weighted by Crippen LogP contribution is 2.09. The Bertz CT molecular complexity index is 223. The Morgan fingerprint density at radius 1 is 1.70 bits per heavy atom. The molecule has 10 heavy (non-hydrogen) atoms. The fourth-order valence-corrected chi connectivity index (χ4v) is 0.911. The molecule has 0 aromatic carbocycles. The van der Waals surface area contributed by atoms with Crippen LogP contribution in [0.1, 0.15) is 13.3 Å². The molecule has 0 radical (unpaired) electrons. The Hall–Kier alpha value is -0.450. The molecule has 0 spiro atoms. The van der Waals surface area contributed by atoms with Crippen molar-refractivity contribution in [3.8, 4) is 0 Å². The summed E-state index contributed by atoms with van der Waals surface area (Å²) in [4.78, 5) is 0. The first-order valence-corrected chi connectivity index (χ1v) is 3.79. The maximum atomic E-state index is 12.7. The van der Waals surface area contributed by atoms with Crippen LogP contribution in [0.4, 0.5) is 4.39 Å². The molecule has 0 bridgehead atoms. The summed E-state index contributed by atoms with van der Waals surface area (Å²) >= 11 is 2.92. The van der Waals surface area contributed by atoms with Crippen LogP contribution in [0, 0.1) is 5.95 Å². The largest absolute Gasteiger partial charge is 0.246 e. The minimum Gasteiger partial charge on any atom is -0.218 e. The molecule has 1 aromatic heterocycles. The van der Waals surface area contributed by atoms with Crippen LogP contribution >= 0.6 is 15.9 Å². The maximum Gasteiger partial charge on any atom is 0.246 e. The number of hydrogen-bond donors (Lipinski definition) is 0. The molecule has 1 aromatic rings. The van der Waals surface area contributed by atoms with Crippen LogP contribution in [0.5, 0.6) is 0 Å². The zero-order chi connectivity index (χ0) is 7.56. The zero-order valence-electron chi connectivity index (χ0n) is 5.51. The van der Waals surface area contributed by atoms with Crippen LogP contribution in [0.2, 0.25) is 0 Å². The van der Waals surface area contributed by atoms with Crippen LogP contribution in [0.3, 0.4) is 0 Å². The van der Waals surface area contributed by atoms with Gasteiger partial charge in [-0.2, -0.15) is 4.39 Å². The second-order valence-corrected chi connectivity index (χ2v) is 2.65. The molecule has 0 unspecified atom stereocenters. The molecule has 0 amide bonds. The van der Waals surface area contributed by atoms with Crippen molar-refractivity contribution in [2.75, 3.05) is 0 Å². The van der Waals surface area contributed by atoms with E-state index in [1.54, 1.807) is 0 Å². The van der Waals surface area contributed by atoms with E-state index >= 15 is 0 Å². The van der Waals surface area contributed by atoms with Gasteiger partial charge in [0.05, 0.1) is 0 Å². The summed E-state index contributed by atoms with van der Waals surface area (Å²) in [6.45, 7) is 2.53. The van der Waals surface area contributed by atoms with Crippen molar-refractivity contribution in [2.24, 2.45) is 0 Å². The lowest BCUT2D eigenvalue weighted by Crippen LogP contribution is -2.01. The molecule has 5 heteroatoms. The van der Waals surface area contributed by atoms with Crippen LogP contribution in [-0.2, 0) is 6.54 Å². The molecule has 0 saturated heterocycles. The van der Waals surface area contributed by atoms with Gasteiger partial charge < -0.3 is 0 Å². The van der Waals surface area contributed by atoms with Crippen LogP contribution in [-0.4, -0.2) is 15.0 Å². The first kappa shape index (κ1) is 7.65. The van der Waals surface area contributed by atoms with Gasteiger partial charge in [0.25, 0.3) is 0 Å². The molecule has 0 atom stereocenters. The summed E-state index contributed by atoms with van der Waals surface area (Å²) in [5.41, 5.74) is 0. The van der Waals surface area contributed by atoms with Gasteiger partial charge in [-0.15, -0.1) is 5.10 Å². The molecule has 0 aliphatic rings. The molecule has 0 saturated carbocycles. The monoisotopic (exact) mass is 207 g/mol. The topological polar surface area (TPSA) is 30.7 Å². The van der Waals surface area contributed by atoms with E-state index < -0.39 is 5.95 Å². The van der Waals surface area contributed by atoms with E-state index in [-0.39, 0.29) is 4.60 Å². The maximum absolute atomic E-state index is 12.7. The summed E-state index contributed by atoms with van der Waals surface area (Å²) in [6.07, 6.45) is 0.854. The first-order chi connectivity index (χ1) is 4.75. The fourth-order valence-electron chi connectivity index (χ4n) is 0.635. The zero-order valence-corrected chi connectivity index (χ0v) is 7.10. The van der Waals surface area contributed by atoms with E-state index in [1.807, 2.05) is 6.92 Å². The second kappa shape index (κ2) is 3.09. The molecule has 0 aliphatic carbocycles. The van der Waals surface area contributed by atoms with Crippen molar-refractivity contribution in [1.29, 1.82) is 0 Å². The average molecular weight is 208 g/mol. The Morgan fingerprint density at radius 2 is 2.40 bits per heavy atom. The molecule has 56 valence electrons. The molecule has 0 fully saturated rings.